The van der Waals surface area contributed by atoms with Crippen LogP contribution >= 0.6 is 11.8 Å². The highest BCUT2D eigenvalue weighted by Gasteiger charge is 2.27. The first kappa shape index (κ1) is 22.9. The lowest BCUT2D eigenvalue weighted by Gasteiger charge is -2.24. The fraction of sp³-hybridized carbons (Fsp3) is 0.273. The Morgan fingerprint density at radius 2 is 1.84 bits per heavy atom. The summed E-state index contributed by atoms with van der Waals surface area (Å²) in [6.45, 7) is 2.81. The van der Waals surface area contributed by atoms with Gasteiger partial charge in [-0.2, -0.15) is 0 Å². The number of aryl methyl sites for hydroxylation is 2. The van der Waals surface area contributed by atoms with Crippen LogP contribution < -0.4 is 9.62 Å². The van der Waals surface area contributed by atoms with Crippen molar-refractivity contribution in [1.29, 1.82) is 0 Å². The quantitative estimate of drug-likeness (QED) is 0.372. The molecule has 7 nitrogen and oxygen atoms in total. The van der Waals surface area contributed by atoms with Crippen LogP contribution in [0.25, 0.3) is 0 Å². The lowest BCUT2D eigenvalue weighted by atomic mass is 10.2. The normalized spacial score (nSPS) is 11.3. The number of nitrogens with zero attached hydrogens (tertiary/aromatic N) is 3. The van der Waals surface area contributed by atoms with Crippen LogP contribution in [0.1, 0.15) is 12.0 Å². The van der Waals surface area contributed by atoms with Gasteiger partial charge in [0, 0.05) is 30.4 Å². The molecule has 0 aliphatic rings. The van der Waals surface area contributed by atoms with Crippen molar-refractivity contribution in [3.05, 3.63) is 72.8 Å². The van der Waals surface area contributed by atoms with Crippen LogP contribution in [0.5, 0.6) is 0 Å². The highest BCUT2D eigenvalue weighted by Crippen LogP contribution is 2.25. The second-order valence-electron chi connectivity index (χ2n) is 7.03. The molecule has 1 N–H and O–H groups in total. The van der Waals surface area contributed by atoms with E-state index in [-0.39, 0.29) is 17.3 Å². The summed E-state index contributed by atoms with van der Waals surface area (Å²) in [7, 11) is -3.90. The summed E-state index contributed by atoms with van der Waals surface area (Å²) >= 11 is 1.54. The maximum absolute atomic E-state index is 13.4. The summed E-state index contributed by atoms with van der Waals surface area (Å²) in [5, 5.41) is 2.82. The third-order valence-electron chi connectivity index (χ3n) is 4.73. The number of nitrogens with one attached hydrogen (secondary N) is 1. The molecular weight excluding hydrogens is 432 g/mol. The number of benzene rings is 2. The number of aromatic nitrogens is 2. The molecule has 0 unspecified atom stereocenters. The van der Waals surface area contributed by atoms with Crippen LogP contribution in [-0.4, -0.2) is 43.2 Å². The first-order chi connectivity index (χ1) is 14.9. The number of anilines is 1. The van der Waals surface area contributed by atoms with E-state index in [1.807, 2.05) is 36.1 Å². The van der Waals surface area contributed by atoms with Crippen LogP contribution in [0.4, 0.5) is 5.69 Å². The summed E-state index contributed by atoms with van der Waals surface area (Å²) in [6, 6.07) is 13.8. The van der Waals surface area contributed by atoms with Crippen LogP contribution in [0.3, 0.4) is 0 Å². The van der Waals surface area contributed by atoms with Crippen LogP contribution in [-0.2, 0) is 21.4 Å². The van der Waals surface area contributed by atoms with E-state index in [0.29, 0.717) is 12.2 Å². The van der Waals surface area contributed by atoms with Gasteiger partial charge in [0.15, 0.2) is 0 Å². The van der Waals surface area contributed by atoms with Crippen LogP contribution in [0.2, 0.25) is 0 Å². The lowest BCUT2D eigenvalue weighted by molar-refractivity contribution is -0.119. The van der Waals surface area contributed by atoms with Crippen molar-refractivity contribution < 1.29 is 13.2 Å². The molecule has 0 saturated heterocycles. The molecule has 3 aromatic rings. The highest BCUT2D eigenvalue weighted by molar-refractivity contribution is 7.98. The fourth-order valence-corrected chi connectivity index (χ4v) is 4.82. The predicted molar refractivity (Wildman–Crippen MR) is 124 cm³/mol. The number of hydrogen-bond donors (Lipinski definition) is 1. The summed E-state index contributed by atoms with van der Waals surface area (Å²) < 4.78 is 29.8. The second-order valence-corrected chi connectivity index (χ2v) is 9.77. The van der Waals surface area contributed by atoms with E-state index in [4.69, 9.17) is 0 Å². The molecular formula is C22H26N4O3S2. The number of carbonyl (C=O) groups excluding carboxylic acids is 1. The maximum Gasteiger partial charge on any atom is 0.264 e. The van der Waals surface area contributed by atoms with Gasteiger partial charge < -0.3 is 9.88 Å². The zero-order valence-electron chi connectivity index (χ0n) is 17.6. The second kappa shape index (κ2) is 10.5. The van der Waals surface area contributed by atoms with Crippen molar-refractivity contribution in [3.8, 4) is 0 Å². The van der Waals surface area contributed by atoms with Gasteiger partial charge in [0.2, 0.25) is 5.91 Å². The number of thioether (sulfide) groups is 1. The number of imidazole rings is 1. The zero-order chi connectivity index (χ0) is 22.3. The molecule has 31 heavy (non-hydrogen) atoms. The molecule has 3 rings (SSSR count). The zero-order valence-corrected chi connectivity index (χ0v) is 19.2. The van der Waals surface area contributed by atoms with E-state index in [9.17, 15) is 13.2 Å². The minimum absolute atomic E-state index is 0.152. The Hall–Kier alpha value is -2.78. The van der Waals surface area contributed by atoms with Crippen LogP contribution in [0, 0.1) is 6.92 Å². The summed E-state index contributed by atoms with van der Waals surface area (Å²) in [6.07, 6.45) is 7.93. The molecule has 0 atom stereocenters. The molecule has 0 radical (unpaired) electrons. The first-order valence-electron chi connectivity index (χ1n) is 9.86. The van der Waals surface area contributed by atoms with E-state index in [2.05, 4.69) is 10.3 Å². The van der Waals surface area contributed by atoms with Crippen LogP contribution in [0.15, 0.2) is 77.0 Å². The minimum atomic E-state index is -3.90. The number of sulfonamides is 1. The first-order valence-corrected chi connectivity index (χ1v) is 12.5. The molecule has 9 heteroatoms. The summed E-state index contributed by atoms with van der Waals surface area (Å²) in [5.74, 6) is -0.351. The van der Waals surface area contributed by atoms with Gasteiger partial charge in [0.25, 0.3) is 10.0 Å². The van der Waals surface area contributed by atoms with E-state index in [1.165, 1.54) is 11.8 Å². The predicted octanol–water partition coefficient (Wildman–Crippen LogP) is 3.32. The van der Waals surface area contributed by atoms with E-state index < -0.39 is 10.0 Å². The molecule has 0 saturated carbocycles. The molecule has 0 bridgehead atoms. The molecule has 0 aliphatic carbocycles. The Morgan fingerprint density at radius 1 is 1.13 bits per heavy atom. The van der Waals surface area contributed by atoms with Gasteiger partial charge in [0.1, 0.15) is 6.54 Å². The monoisotopic (exact) mass is 458 g/mol. The van der Waals surface area contributed by atoms with E-state index in [1.54, 1.807) is 48.9 Å². The van der Waals surface area contributed by atoms with Gasteiger partial charge >= 0.3 is 0 Å². The molecule has 2 aromatic carbocycles. The van der Waals surface area contributed by atoms with Crippen molar-refractivity contribution in [2.75, 3.05) is 23.7 Å². The Bertz CT molecular complexity index is 1080. The Morgan fingerprint density at radius 3 is 2.45 bits per heavy atom. The molecule has 0 spiro atoms. The standard InChI is InChI=1S/C22H26N4O3S2/c1-18-4-6-19(7-5-18)26(31(28,29)21-10-8-20(30-2)9-11-21)16-22(27)24-12-3-14-25-15-13-23-17-25/h4-11,13,15,17H,3,12,14,16H2,1-2H3,(H,24,27). The molecule has 164 valence electrons. The third kappa shape index (κ3) is 6.11. The number of hydrogen-bond acceptors (Lipinski definition) is 5. The lowest BCUT2D eigenvalue weighted by Crippen LogP contribution is -2.41. The van der Waals surface area contributed by atoms with Crippen molar-refractivity contribution in [1.82, 2.24) is 14.9 Å². The van der Waals surface area contributed by atoms with Gasteiger partial charge in [-0.05, 0) is 56.0 Å². The van der Waals surface area contributed by atoms with Crippen molar-refractivity contribution in [2.24, 2.45) is 0 Å². The van der Waals surface area contributed by atoms with Gasteiger partial charge in [0.05, 0.1) is 16.9 Å². The smallest absolute Gasteiger partial charge is 0.264 e. The van der Waals surface area contributed by atoms with Gasteiger partial charge in [-0.3, -0.25) is 9.10 Å². The van der Waals surface area contributed by atoms with Crippen molar-refractivity contribution >= 4 is 33.4 Å². The Balaban J connectivity index is 1.74. The van der Waals surface area contributed by atoms with Gasteiger partial charge in [-0.1, -0.05) is 17.7 Å². The SMILES string of the molecule is CSc1ccc(S(=O)(=O)N(CC(=O)NCCCn2ccnc2)c2ccc(C)cc2)cc1. The number of rotatable bonds is 10. The minimum Gasteiger partial charge on any atom is -0.354 e. The van der Waals surface area contributed by atoms with Crippen molar-refractivity contribution in [3.63, 3.8) is 0 Å². The average Bonchev–Trinajstić information content (AvgIpc) is 3.29. The summed E-state index contributed by atoms with van der Waals surface area (Å²) in [5.41, 5.74) is 1.46. The average molecular weight is 459 g/mol. The number of amides is 1. The molecule has 0 fully saturated rings. The fourth-order valence-electron chi connectivity index (χ4n) is 3.00. The molecule has 1 aromatic heterocycles. The number of carbonyl (C=O) groups is 1. The molecule has 1 amide bonds. The third-order valence-corrected chi connectivity index (χ3v) is 7.26. The van der Waals surface area contributed by atoms with Gasteiger partial charge in [-0.25, -0.2) is 13.4 Å². The Kier molecular flexibility index (Phi) is 7.75. The topological polar surface area (TPSA) is 84.3 Å². The maximum atomic E-state index is 13.4. The highest BCUT2D eigenvalue weighted by atomic mass is 32.2. The molecule has 0 aliphatic heterocycles. The largest absolute Gasteiger partial charge is 0.354 e. The molecule has 1 heterocycles. The van der Waals surface area contributed by atoms with Gasteiger partial charge in [-0.15, -0.1) is 11.8 Å². The summed E-state index contributed by atoms with van der Waals surface area (Å²) in [4.78, 5) is 17.7. The van der Waals surface area contributed by atoms with Crippen molar-refractivity contribution in [2.45, 2.75) is 29.7 Å². The van der Waals surface area contributed by atoms with E-state index >= 15 is 0 Å². The van der Waals surface area contributed by atoms with E-state index in [0.717, 1.165) is 27.7 Å². The Labute approximate surface area is 187 Å².